The van der Waals surface area contributed by atoms with Crippen LogP contribution in [0.2, 0.25) is 0 Å². The normalized spacial score (nSPS) is 12.5. The summed E-state index contributed by atoms with van der Waals surface area (Å²) in [6, 6.07) is 1.25. The van der Waals surface area contributed by atoms with Gasteiger partial charge < -0.3 is 19.9 Å². The minimum atomic E-state index is -4.59. The molecule has 2 N–H and O–H groups in total. The predicted molar refractivity (Wildman–Crippen MR) is 71.2 cm³/mol. The van der Waals surface area contributed by atoms with E-state index in [0.29, 0.717) is 0 Å². The van der Waals surface area contributed by atoms with Gasteiger partial charge in [-0.3, -0.25) is 4.79 Å². The van der Waals surface area contributed by atoms with Gasteiger partial charge in [0.2, 0.25) is 5.88 Å². The van der Waals surface area contributed by atoms with Crippen molar-refractivity contribution in [2.24, 2.45) is 0 Å². The van der Waals surface area contributed by atoms with Crippen LogP contribution in [0.4, 0.5) is 13.2 Å². The van der Waals surface area contributed by atoms with Gasteiger partial charge in [0.1, 0.15) is 11.6 Å². The maximum absolute atomic E-state index is 12.2. The molecule has 0 saturated carbocycles. The van der Waals surface area contributed by atoms with E-state index in [1.165, 1.54) is 19.2 Å². The summed E-state index contributed by atoms with van der Waals surface area (Å²) < 4.78 is 45.8. The van der Waals surface area contributed by atoms with Crippen molar-refractivity contribution in [3.05, 3.63) is 23.9 Å². The molecule has 7 nitrogen and oxygen atoms in total. The van der Waals surface area contributed by atoms with Gasteiger partial charge in [-0.15, -0.1) is 0 Å². The Morgan fingerprint density at radius 3 is 2.70 bits per heavy atom. The predicted octanol–water partition coefficient (Wildman–Crippen LogP) is 1.24. The molecule has 0 radical (unpaired) electrons. The zero-order valence-electron chi connectivity index (χ0n) is 12.1. The van der Waals surface area contributed by atoms with E-state index >= 15 is 0 Å². The fourth-order valence-electron chi connectivity index (χ4n) is 1.56. The standard InChI is InChI=1S/C13H15F3N2O5/c1-22-6-4-9(12(20)21)18-10(19)8-3-2-5-17-11(8)23-7-13(14,15)16/h2-3,5,9H,4,6-7H2,1H3,(H,18,19)(H,20,21). The molecule has 0 saturated heterocycles. The van der Waals surface area contributed by atoms with Crippen LogP contribution in [-0.4, -0.2) is 54.5 Å². The second kappa shape index (κ2) is 8.32. The zero-order chi connectivity index (χ0) is 17.5. The van der Waals surface area contributed by atoms with Gasteiger partial charge in [0.25, 0.3) is 5.91 Å². The Bertz CT molecular complexity index is 551. The number of nitrogens with zero attached hydrogens (tertiary/aromatic N) is 1. The van der Waals surface area contributed by atoms with Gasteiger partial charge in [0.05, 0.1) is 0 Å². The number of aliphatic carboxylic acids is 1. The summed E-state index contributed by atoms with van der Waals surface area (Å²) in [4.78, 5) is 26.7. The van der Waals surface area contributed by atoms with Gasteiger partial charge in [-0.2, -0.15) is 13.2 Å². The van der Waals surface area contributed by atoms with E-state index in [0.717, 1.165) is 6.20 Å². The van der Waals surface area contributed by atoms with Crippen molar-refractivity contribution in [2.75, 3.05) is 20.3 Å². The summed E-state index contributed by atoms with van der Waals surface area (Å²) >= 11 is 0. The number of ether oxygens (including phenoxy) is 2. The number of hydrogen-bond acceptors (Lipinski definition) is 5. The van der Waals surface area contributed by atoms with Crippen molar-refractivity contribution < 1.29 is 37.3 Å². The maximum Gasteiger partial charge on any atom is 0.422 e. The molecular weight excluding hydrogens is 321 g/mol. The molecule has 128 valence electrons. The van der Waals surface area contributed by atoms with Gasteiger partial charge in [-0.05, 0) is 12.1 Å². The van der Waals surface area contributed by atoms with Gasteiger partial charge in [0, 0.05) is 26.3 Å². The third-order valence-corrected chi connectivity index (χ3v) is 2.60. The Kier molecular flexibility index (Phi) is 6.76. The first-order valence-electron chi connectivity index (χ1n) is 6.41. The average Bonchev–Trinajstić information content (AvgIpc) is 2.48. The van der Waals surface area contributed by atoms with Crippen molar-refractivity contribution in [3.8, 4) is 5.88 Å². The minimum absolute atomic E-state index is 0.00340. The third kappa shape index (κ3) is 6.51. The quantitative estimate of drug-likeness (QED) is 0.741. The Morgan fingerprint density at radius 2 is 2.13 bits per heavy atom. The molecule has 1 rings (SSSR count). The lowest BCUT2D eigenvalue weighted by atomic mass is 10.2. The van der Waals surface area contributed by atoms with Crippen LogP contribution >= 0.6 is 0 Å². The third-order valence-electron chi connectivity index (χ3n) is 2.60. The first kappa shape index (κ1) is 18.7. The van der Waals surface area contributed by atoms with Crippen molar-refractivity contribution in [1.82, 2.24) is 10.3 Å². The number of amides is 1. The van der Waals surface area contributed by atoms with Crippen LogP contribution in [0.3, 0.4) is 0 Å². The number of hydrogen-bond donors (Lipinski definition) is 2. The molecule has 10 heteroatoms. The number of carboxylic acid groups (broad SMARTS) is 1. The molecule has 0 aliphatic carbocycles. The summed E-state index contributed by atoms with van der Waals surface area (Å²) in [7, 11) is 1.37. The highest BCUT2D eigenvalue weighted by Gasteiger charge is 2.30. The molecule has 1 atom stereocenters. The summed E-state index contributed by atoms with van der Waals surface area (Å²) in [5.74, 6) is -2.73. The molecule has 0 aliphatic rings. The molecule has 0 aliphatic heterocycles. The van der Waals surface area contributed by atoms with Gasteiger partial charge in [0.15, 0.2) is 6.61 Å². The number of aromatic nitrogens is 1. The number of carboxylic acids is 1. The lowest BCUT2D eigenvalue weighted by molar-refractivity contribution is -0.154. The minimum Gasteiger partial charge on any atom is -0.480 e. The Hall–Kier alpha value is -2.36. The first-order valence-corrected chi connectivity index (χ1v) is 6.41. The van der Waals surface area contributed by atoms with Crippen LogP contribution in [0.1, 0.15) is 16.8 Å². The van der Waals surface area contributed by atoms with Gasteiger partial charge in [-0.25, -0.2) is 9.78 Å². The van der Waals surface area contributed by atoms with E-state index < -0.39 is 36.6 Å². The van der Waals surface area contributed by atoms with Crippen molar-refractivity contribution in [3.63, 3.8) is 0 Å². The largest absolute Gasteiger partial charge is 0.480 e. The SMILES string of the molecule is COCCC(NC(=O)c1cccnc1OCC(F)(F)F)C(=O)O. The molecule has 1 amide bonds. The summed E-state index contributed by atoms with van der Waals surface area (Å²) in [6.07, 6.45) is -3.44. The highest BCUT2D eigenvalue weighted by molar-refractivity contribution is 5.98. The number of rotatable bonds is 8. The van der Waals surface area contributed by atoms with E-state index in [2.05, 4.69) is 15.0 Å². The first-order chi connectivity index (χ1) is 10.7. The van der Waals surface area contributed by atoms with Crippen LogP contribution in [0.15, 0.2) is 18.3 Å². The van der Waals surface area contributed by atoms with Gasteiger partial charge in [-0.1, -0.05) is 0 Å². The summed E-state index contributed by atoms with van der Waals surface area (Å²) in [6.45, 7) is -1.53. The number of pyridine rings is 1. The number of nitrogens with one attached hydrogen (secondary N) is 1. The Morgan fingerprint density at radius 1 is 1.43 bits per heavy atom. The van der Waals surface area contributed by atoms with Gasteiger partial charge >= 0.3 is 12.1 Å². The number of carbonyl (C=O) groups excluding carboxylic acids is 1. The second-order valence-corrected chi connectivity index (χ2v) is 4.41. The van der Waals surface area contributed by atoms with Crippen LogP contribution < -0.4 is 10.1 Å². The summed E-state index contributed by atoms with van der Waals surface area (Å²) in [5, 5.41) is 11.2. The van der Waals surface area contributed by atoms with Crippen molar-refractivity contribution in [1.29, 1.82) is 0 Å². The van der Waals surface area contributed by atoms with Crippen molar-refractivity contribution in [2.45, 2.75) is 18.6 Å². The molecule has 1 aromatic heterocycles. The number of carbonyl (C=O) groups is 2. The fraction of sp³-hybridized carbons (Fsp3) is 0.462. The monoisotopic (exact) mass is 336 g/mol. The van der Waals surface area contributed by atoms with E-state index in [4.69, 9.17) is 9.84 Å². The summed E-state index contributed by atoms with van der Waals surface area (Å²) in [5.41, 5.74) is -0.291. The van der Waals surface area contributed by atoms with Crippen LogP contribution in [0.25, 0.3) is 0 Å². The highest BCUT2D eigenvalue weighted by Crippen LogP contribution is 2.20. The molecule has 23 heavy (non-hydrogen) atoms. The molecular formula is C13H15F3N2O5. The zero-order valence-corrected chi connectivity index (χ0v) is 12.1. The van der Waals surface area contributed by atoms with Crippen molar-refractivity contribution >= 4 is 11.9 Å². The molecule has 1 heterocycles. The maximum atomic E-state index is 12.2. The molecule has 1 aromatic rings. The average molecular weight is 336 g/mol. The smallest absolute Gasteiger partial charge is 0.422 e. The topological polar surface area (TPSA) is 97.8 Å². The van der Waals surface area contributed by atoms with E-state index in [9.17, 15) is 22.8 Å². The molecule has 0 bridgehead atoms. The molecule has 0 aromatic carbocycles. The highest BCUT2D eigenvalue weighted by atomic mass is 19.4. The van der Waals surface area contributed by atoms with E-state index in [1.54, 1.807) is 0 Å². The molecule has 1 unspecified atom stereocenters. The number of methoxy groups -OCH3 is 1. The molecule has 0 spiro atoms. The lowest BCUT2D eigenvalue weighted by Crippen LogP contribution is -2.41. The number of alkyl halides is 3. The van der Waals surface area contributed by atoms with E-state index in [-0.39, 0.29) is 18.6 Å². The van der Waals surface area contributed by atoms with E-state index in [1.807, 2.05) is 0 Å². The fourth-order valence-corrected chi connectivity index (χ4v) is 1.56. The number of halogens is 3. The lowest BCUT2D eigenvalue weighted by Gasteiger charge is -2.16. The second-order valence-electron chi connectivity index (χ2n) is 4.41. The molecule has 0 fully saturated rings. The Balaban J connectivity index is 2.84. The Labute approximate surface area is 129 Å². The van der Waals surface area contributed by atoms with Crippen LogP contribution in [0.5, 0.6) is 5.88 Å². The van der Waals surface area contributed by atoms with Crippen LogP contribution in [-0.2, 0) is 9.53 Å². The van der Waals surface area contributed by atoms with Crippen LogP contribution in [0, 0.1) is 0 Å².